The largest absolute Gasteiger partial charge is 0.393 e. The van der Waals surface area contributed by atoms with Crippen molar-refractivity contribution in [2.24, 2.45) is 0 Å². The number of aliphatic hydroxyl groups is 1. The first-order valence-corrected chi connectivity index (χ1v) is 7.06. The Kier molecular flexibility index (Phi) is 2.83. The van der Waals surface area contributed by atoms with Crippen molar-refractivity contribution >= 4 is 28.8 Å². The number of hydrogen-bond donors (Lipinski definition) is 2. The minimum atomic E-state index is -0.185. The molecule has 0 amide bonds. The highest BCUT2D eigenvalue weighted by Gasteiger charge is 2.28. The molecule has 1 saturated carbocycles. The number of aromatic nitrogens is 5. The molecule has 0 bridgehead atoms. The first-order chi connectivity index (χ1) is 10.2. The maximum atomic E-state index is 9.36. The summed E-state index contributed by atoms with van der Waals surface area (Å²) >= 11 is 5.91. The zero-order valence-electron chi connectivity index (χ0n) is 11.0. The van der Waals surface area contributed by atoms with Crippen LogP contribution < -0.4 is 5.32 Å². The highest BCUT2D eigenvalue weighted by Crippen LogP contribution is 2.32. The van der Waals surface area contributed by atoms with Gasteiger partial charge in [0, 0.05) is 18.4 Å². The molecule has 0 radical (unpaired) electrons. The normalized spacial score (nSPS) is 21.4. The van der Waals surface area contributed by atoms with E-state index in [2.05, 4.69) is 20.4 Å². The Balaban J connectivity index is 1.61. The van der Waals surface area contributed by atoms with E-state index in [1.54, 1.807) is 10.8 Å². The quantitative estimate of drug-likeness (QED) is 0.774. The predicted molar refractivity (Wildman–Crippen MR) is 77.8 cm³/mol. The summed E-state index contributed by atoms with van der Waals surface area (Å²) in [6.07, 6.45) is 6.84. The van der Waals surface area contributed by atoms with Gasteiger partial charge >= 0.3 is 0 Å². The van der Waals surface area contributed by atoms with E-state index < -0.39 is 0 Å². The predicted octanol–water partition coefficient (Wildman–Crippen LogP) is 2.02. The third-order valence-electron chi connectivity index (χ3n) is 3.72. The standard InChI is InChI=1S/C13H13ClN6O/c14-13-17-12(10-2-1-3-20(10)18-13)16-11-6-19(7-15-11)8-4-9(21)5-8/h1-3,6-9,21H,4-5H2,(H,16,17,18). The zero-order chi connectivity index (χ0) is 14.4. The van der Waals surface area contributed by atoms with E-state index in [-0.39, 0.29) is 11.4 Å². The summed E-state index contributed by atoms with van der Waals surface area (Å²) < 4.78 is 3.67. The molecule has 8 heteroatoms. The third kappa shape index (κ3) is 2.24. The Morgan fingerprint density at radius 3 is 3.05 bits per heavy atom. The van der Waals surface area contributed by atoms with Crippen molar-refractivity contribution < 1.29 is 5.11 Å². The molecule has 0 spiro atoms. The van der Waals surface area contributed by atoms with Crippen LogP contribution in [0.25, 0.3) is 5.52 Å². The minimum Gasteiger partial charge on any atom is -0.393 e. The molecule has 1 aliphatic carbocycles. The van der Waals surface area contributed by atoms with Crippen LogP contribution >= 0.6 is 11.6 Å². The van der Waals surface area contributed by atoms with Crippen molar-refractivity contribution in [2.45, 2.75) is 25.0 Å². The van der Waals surface area contributed by atoms with Crippen LogP contribution in [0, 0.1) is 0 Å². The molecule has 4 rings (SSSR count). The first-order valence-electron chi connectivity index (χ1n) is 6.68. The van der Waals surface area contributed by atoms with Gasteiger partial charge < -0.3 is 15.0 Å². The molecule has 21 heavy (non-hydrogen) atoms. The number of nitrogens with zero attached hydrogens (tertiary/aromatic N) is 5. The van der Waals surface area contributed by atoms with Crippen molar-refractivity contribution in [3.63, 3.8) is 0 Å². The molecule has 0 aromatic carbocycles. The molecule has 2 N–H and O–H groups in total. The molecule has 1 aliphatic rings. The molecule has 0 saturated heterocycles. The van der Waals surface area contributed by atoms with Crippen LogP contribution in [0.1, 0.15) is 18.9 Å². The summed E-state index contributed by atoms with van der Waals surface area (Å²) in [5.74, 6) is 1.30. The lowest BCUT2D eigenvalue weighted by Gasteiger charge is -2.32. The molecule has 0 aliphatic heterocycles. The number of nitrogens with one attached hydrogen (secondary N) is 1. The number of hydrogen-bond acceptors (Lipinski definition) is 5. The fraction of sp³-hybridized carbons (Fsp3) is 0.308. The van der Waals surface area contributed by atoms with Gasteiger partial charge in [0.25, 0.3) is 0 Å². The van der Waals surface area contributed by atoms with Crippen molar-refractivity contribution in [3.05, 3.63) is 36.1 Å². The summed E-state index contributed by atoms with van der Waals surface area (Å²) in [6, 6.07) is 4.10. The molecule has 1 fully saturated rings. The van der Waals surface area contributed by atoms with Crippen molar-refractivity contribution in [2.75, 3.05) is 5.32 Å². The van der Waals surface area contributed by atoms with Crippen LogP contribution in [0.3, 0.4) is 0 Å². The second-order valence-electron chi connectivity index (χ2n) is 5.18. The second kappa shape index (κ2) is 4.71. The van der Waals surface area contributed by atoms with Crippen molar-refractivity contribution in [1.29, 1.82) is 0 Å². The lowest BCUT2D eigenvalue weighted by atomic mass is 9.89. The fourth-order valence-corrected chi connectivity index (χ4v) is 2.69. The van der Waals surface area contributed by atoms with Gasteiger partial charge in [-0.1, -0.05) is 0 Å². The topological polar surface area (TPSA) is 80.3 Å². The Hall–Kier alpha value is -2.12. The van der Waals surface area contributed by atoms with Crippen LogP contribution in [-0.4, -0.2) is 35.4 Å². The molecule has 3 aromatic heterocycles. The lowest BCUT2D eigenvalue weighted by molar-refractivity contribution is 0.0485. The van der Waals surface area contributed by atoms with E-state index in [1.165, 1.54) is 0 Å². The summed E-state index contributed by atoms with van der Waals surface area (Å²) in [4.78, 5) is 8.52. The fourth-order valence-electron chi connectivity index (χ4n) is 2.52. The van der Waals surface area contributed by atoms with Gasteiger partial charge in [0.1, 0.15) is 11.3 Å². The van der Waals surface area contributed by atoms with E-state index in [0.717, 1.165) is 18.4 Å². The molecule has 3 aromatic rings. The van der Waals surface area contributed by atoms with E-state index in [1.807, 2.05) is 29.1 Å². The average Bonchev–Trinajstić information content (AvgIpc) is 3.03. The summed E-state index contributed by atoms with van der Waals surface area (Å²) in [6.45, 7) is 0. The molecule has 0 unspecified atom stereocenters. The van der Waals surface area contributed by atoms with Crippen LogP contribution in [0.15, 0.2) is 30.9 Å². The maximum Gasteiger partial charge on any atom is 0.243 e. The van der Waals surface area contributed by atoms with Crippen molar-refractivity contribution in [3.8, 4) is 0 Å². The Labute approximate surface area is 125 Å². The minimum absolute atomic E-state index is 0.169. The summed E-state index contributed by atoms with van der Waals surface area (Å²) in [7, 11) is 0. The van der Waals surface area contributed by atoms with Gasteiger partial charge in [-0.25, -0.2) is 9.50 Å². The first kappa shape index (κ1) is 12.6. The van der Waals surface area contributed by atoms with Crippen LogP contribution in [0.2, 0.25) is 5.28 Å². The lowest BCUT2D eigenvalue weighted by Crippen LogP contribution is -2.30. The van der Waals surface area contributed by atoms with Gasteiger partial charge in [0.15, 0.2) is 5.82 Å². The van der Waals surface area contributed by atoms with Crippen molar-refractivity contribution in [1.82, 2.24) is 24.1 Å². The van der Waals surface area contributed by atoms with Gasteiger partial charge in [-0.15, -0.1) is 5.10 Å². The number of anilines is 2. The average molecular weight is 305 g/mol. The molecule has 3 heterocycles. The van der Waals surface area contributed by atoms with Gasteiger partial charge in [0.05, 0.1) is 12.4 Å². The van der Waals surface area contributed by atoms with E-state index in [4.69, 9.17) is 11.6 Å². The van der Waals surface area contributed by atoms with Gasteiger partial charge in [-0.2, -0.15) is 4.98 Å². The van der Waals surface area contributed by atoms with Crippen LogP contribution in [0.5, 0.6) is 0 Å². The highest BCUT2D eigenvalue weighted by atomic mass is 35.5. The number of imidazole rings is 1. The molecule has 7 nitrogen and oxygen atoms in total. The smallest absolute Gasteiger partial charge is 0.243 e. The van der Waals surface area contributed by atoms with E-state index in [9.17, 15) is 5.11 Å². The zero-order valence-corrected chi connectivity index (χ0v) is 11.8. The van der Waals surface area contributed by atoms with E-state index >= 15 is 0 Å². The van der Waals surface area contributed by atoms with Gasteiger partial charge in [-0.3, -0.25) is 0 Å². The Morgan fingerprint density at radius 2 is 2.24 bits per heavy atom. The Morgan fingerprint density at radius 1 is 1.38 bits per heavy atom. The van der Waals surface area contributed by atoms with Gasteiger partial charge in [0.2, 0.25) is 5.28 Å². The molecule has 0 atom stereocenters. The van der Waals surface area contributed by atoms with E-state index in [0.29, 0.717) is 17.7 Å². The molecule has 108 valence electrons. The van der Waals surface area contributed by atoms with Crippen LogP contribution in [-0.2, 0) is 0 Å². The number of rotatable bonds is 3. The number of halogens is 1. The second-order valence-corrected chi connectivity index (χ2v) is 5.52. The number of fused-ring (bicyclic) bond motifs is 1. The summed E-state index contributed by atoms with van der Waals surface area (Å²) in [5.41, 5.74) is 0.827. The number of aliphatic hydroxyl groups excluding tert-OH is 1. The summed E-state index contributed by atoms with van der Waals surface area (Å²) in [5, 5.41) is 16.8. The highest BCUT2D eigenvalue weighted by molar-refractivity contribution is 6.28. The third-order valence-corrected chi connectivity index (χ3v) is 3.88. The maximum absolute atomic E-state index is 9.36. The molecular weight excluding hydrogens is 292 g/mol. The SMILES string of the molecule is OC1CC(n2cnc(Nc3nc(Cl)nn4cccc34)c2)C1. The van der Waals surface area contributed by atoms with Gasteiger partial charge in [-0.05, 0) is 36.6 Å². The monoisotopic (exact) mass is 304 g/mol. The Bertz CT molecular complexity index is 791. The molecular formula is C13H13ClN6O. The van der Waals surface area contributed by atoms with Crippen LogP contribution in [0.4, 0.5) is 11.6 Å².